The molecule has 0 saturated carbocycles. The summed E-state index contributed by atoms with van der Waals surface area (Å²) in [5, 5.41) is 13.8. The molecule has 0 aliphatic heterocycles. The summed E-state index contributed by atoms with van der Waals surface area (Å²) in [6.45, 7) is 5.38. The van der Waals surface area contributed by atoms with Gasteiger partial charge in [-0.1, -0.05) is 53.0 Å². The molecule has 0 spiro atoms. The van der Waals surface area contributed by atoms with Crippen LogP contribution in [0.25, 0.3) is 0 Å². The third-order valence-corrected chi connectivity index (χ3v) is 3.34. The Hall–Kier alpha value is -0.0000000000000000555. The highest BCUT2D eigenvalue weighted by molar-refractivity contribution is 9.10. The van der Waals surface area contributed by atoms with Crippen molar-refractivity contribution in [2.24, 2.45) is 5.92 Å². The van der Waals surface area contributed by atoms with E-state index in [4.69, 9.17) is 27.9 Å². The number of halogens is 3. The van der Waals surface area contributed by atoms with Crippen LogP contribution >= 0.6 is 39.1 Å². The molecule has 0 fully saturated rings. The Morgan fingerprint density at radius 3 is 2.37 bits per heavy atom. The number of rotatable bonds is 7. The van der Waals surface area contributed by atoms with Crippen LogP contribution in [0.3, 0.4) is 0 Å². The van der Waals surface area contributed by atoms with Gasteiger partial charge in [0.15, 0.2) is 0 Å². The Kier molecular flexibility index (Phi) is 7.47. The number of nitrogens with one attached hydrogen (secondary N) is 1. The molecule has 0 aliphatic rings. The molecule has 6 heteroatoms. The highest BCUT2D eigenvalue weighted by Crippen LogP contribution is 2.33. The molecule has 0 bridgehead atoms. The van der Waals surface area contributed by atoms with E-state index in [0.717, 1.165) is 4.47 Å². The molecule has 1 atom stereocenters. The molecule has 108 valence electrons. The van der Waals surface area contributed by atoms with Gasteiger partial charge in [0.05, 0.1) is 28.4 Å². The minimum atomic E-state index is -0.602. The van der Waals surface area contributed by atoms with Crippen molar-refractivity contribution < 1.29 is 9.84 Å². The first-order chi connectivity index (χ1) is 8.90. The molecule has 0 heterocycles. The lowest BCUT2D eigenvalue weighted by Crippen LogP contribution is -2.25. The molecule has 0 radical (unpaired) electrons. The highest BCUT2D eigenvalue weighted by Gasteiger charge is 2.10. The van der Waals surface area contributed by atoms with E-state index < -0.39 is 6.10 Å². The standard InChI is InChI=1S/C13H18BrCl2NO2/c1-8(2)6-19-7-10(18)5-17-13-11(15)3-9(14)4-12(13)16/h3-4,8,10,17-18H,5-7H2,1-2H3. The van der Waals surface area contributed by atoms with E-state index in [1.54, 1.807) is 12.1 Å². The maximum atomic E-state index is 9.78. The zero-order chi connectivity index (χ0) is 14.4. The molecule has 0 aromatic heterocycles. The maximum Gasteiger partial charge on any atom is 0.0945 e. The van der Waals surface area contributed by atoms with Crippen LogP contribution in [-0.2, 0) is 4.74 Å². The van der Waals surface area contributed by atoms with E-state index in [-0.39, 0.29) is 6.61 Å². The summed E-state index contributed by atoms with van der Waals surface area (Å²) in [5.74, 6) is 0.454. The van der Waals surface area contributed by atoms with Crippen molar-refractivity contribution in [3.05, 3.63) is 26.7 Å². The second kappa shape index (κ2) is 8.32. The van der Waals surface area contributed by atoms with Gasteiger partial charge in [-0.3, -0.25) is 0 Å². The van der Waals surface area contributed by atoms with Gasteiger partial charge >= 0.3 is 0 Å². The SMILES string of the molecule is CC(C)COCC(O)CNc1c(Cl)cc(Br)cc1Cl. The number of ether oxygens (including phenoxy) is 1. The second-order valence-corrected chi connectivity index (χ2v) is 6.44. The van der Waals surface area contributed by atoms with E-state index in [9.17, 15) is 5.11 Å². The van der Waals surface area contributed by atoms with Crippen LogP contribution in [0.2, 0.25) is 10.0 Å². The molecule has 3 nitrogen and oxygen atoms in total. The number of hydrogen-bond acceptors (Lipinski definition) is 3. The fourth-order valence-electron chi connectivity index (χ4n) is 1.43. The fraction of sp³-hybridized carbons (Fsp3) is 0.538. The van der Waals surface area contributed by atoms with E-state index in [1.807, 2.05) is 0 Å². The van der Waals surface area contributed by atoms with E-state index in [0.29, 0.717) is 34.8 Å². The van der Waals surface area contributed by atoms with Gasteiger partial charge in [-0.15, -0.1) is 0 Å². The molecule has 1 rings (SSSR count). The minimum Gasteiger partial charge on any atom is -0.389 e. The van der Waals surface area contributed by atoms with Gasteiger partial charge < -0.3 is 15.2 Å². The Balaban J connectivity index is 2.44. The van der Waals surface area contributed by atoms with Gasteiger partial charge in [-0.2, -0.15) is 0 Å². The van der Waals surface area contributed by atoms with Crippen LogP contribution in [0, 0.1) is 5.92 Å². The van der Waals surface area contributed by atoms with Crippen LogP contribution in [0.4, 0.5) is 5.69 Å². The monoisotopic (exact) mass is 369 g/mol. The van der Waals surface area contributed by atoms with Crippen LogP contribution in [0.15, 0.2) is 16.6 Å². The highest BCUT2D eigenvalue weighted by atomic mass is 79.9. The molecule has 1 aromatic rings. The summed E-state index contributed by atoms with van der Waals surface area (Å²) in [7, 11) is 0. The summed E-state index contributed by atoms with van der Waals surface area (Å²) in [5.41, 5.74) is 0.620. The first kappa shape index (κ1) is 17.1. The van der Waals surface area contributed by atoms with Crippen molar-refractivity contribution in [3.63, 3.8) is 0 Å². The van der Waals surface area contributed by atoms with E-state index in [2.05, 4.69) is 35.1 Å². The Morgan fingerprint density at radius 2 is 1.84 bits per heavy atom. The predicted octanol–water partition coefficient (Wildman–Crippen LogP) is 4.20. The molecule has 19 heavy (non-hydrogen) atoms. The van der Waals surface area contributed by atoms with Gasteiger partial charge in [0.2, 0.25) is 0 Å². The number of benzene rings is 1. The Morgan fingerprint density at radius 1 is 1.26 bits per heavy atom. The quantitative estimate of drug-likeness (QED) is 0.755. The predicted molar refractivity (Wildman–Crippen MR) is 84.3 cm³/mol. The van der Waals surface area contributed by atoms with Crippen molar-refractivity contribution in [3.8, 4) is 0 Å². The van der Waals surface area contributed by atoms with Crippen molar-refractivity contribution >= 4 is 44.8 Å². The van der Waals surface area contributed by atoms with E-state index in [1.165, 1.54) is 0 Å². The first-order valence-corrected chi connectivity index (χ1v) is 7.59. The third-order valence-electron chi connectivity index (χ3n) is 2.28. The van der Waals surface area contributed by atoms with Crippen LogP contribution in [0.1, 0.15) is 13.8 Å². The summed E-state index contributed by atoms with van der Waals surface area (Å²) in [6, 6.07) is 3.49. The van der Waals surface area contributed by atoms with Gasteiger partial charge in [0.1, 0.15) is 0 Å². The lowest BCUT2D eigenvalue weighted by atomic mass is 10.2. The van der Waals surface area contributed by atoms with Gasteiger partial charge in [-0.05, 0) is 18.1 Å². The third kappa shape index (κ3) is 6.32. The molecule has 0 saturated heterocycles. The molecule has 1 unspecified atom stereocenters. The van der Waals surface area contributed by atoms with Gasteiger partial charge in [-0.25, -0.2) is 0 Å². The minimum absolute atomic E-state index is 0.289. The molecular weight excluding hydrogens is 353 g/mol. The summed E-state index contributed by atoms with van der Waals surface area (Å²) in [6.07, 6.45) is -0.602. The van der Waals surface area contributed by atoms with Crippen molar-refractivity contribution in [1.29, 1.82) is 0 Å². The van der Waals surface area contributed by atoms with Crippen molar-refractivity contribution in [2.75, 3.05) is 25.1 Å². The number of aliphatic hydroxyl groups is 1. The van der Waals surface area contributed by atoms with E-state index >= 15 is 0 Å². The average Bonchev–Trinajstić information content (AvgIpc) is 2.26. The molecular formula is C13H18BrCl2NO2. The summed E-state index contributed by atoms with van der Waals surface area (Å²) < 4.78 is 6.18. The number of aliphatic hydroxyl groups excluding tert-OH is 1. The Labute approximate surface area is 132 Å². The van der Waals surface area contributed by atoms with Crippen molar-refractivity contribution in [2.45, 2.75) is 20.0 Å². The van der Waals surface area contributed by atoms with Crippen molar-refractivity contribution in [1.82, 2.24) is 0 Å². The zero-order valence-corrected chi connectivity index (χ0v) is 14.0. The molecule has 1 aromatic carbocycles. The molecule has 0 aliphatic carbocycles. The maximum absolute atomic E-state index is 9.78. The molecule has 0 amide bonds. The smallest absolute Gasteiger partial charge is 0.0945 e. The topological polar surface area (TPSA) is 41.5 Å². The van der Waals surface area contributed by atoms with Gasteiger partial charge in [0, 0.05) is 17.6 Å². The second-order valence-electron chi connectivity index (χ2n) is 4.71. The lowest BCUT2D eigenvalue weighted by Gasteiger charge is -2.16. The van der Waals surface area contributed by atoms with Gasteiger partial charge in [0.25, 0.3) is 0 Å². The lowest BCUT2D eigenvalue weighted by molar-refractivity contribution is 0.0318. The van der Waals surface area contributed by atoms with Crippen LogP contribution in [-0.4, -0.2) is 31.0 Å². The van der Waals surface area contributed by atoms with Crippen LogP contribution in [0.5, 0.6) is 0 Å². The molecule has 2 N–H and O–H groups in total. The Bertz CT molecular complexity index is 393. The summed E-state index contributed by atoms with van der Waals surface area (Å²) in [4.78, 5) is 0. The zero-order valence-electron chi connectivity index (χ0n) is 10.9. The number of anilines is 1. The normalized spacial score (nSPS) is 12.8. The first-order valence-electron chi connectivity index (χ1n) is 6.04. The summed E-state index contributed by atoms with van der Waals surface area (Å²) >= 11 is 15.5. The fourth-order valence-corrected chi connectivity index (χ4v) is 2.77. The largest absolute Gasteiger partial charge is 0.389 e. The van der Waals surface area contributed by atoms with Crippen LogP contribution < -0.4 is 5.32 Å². The number of hydrogen-bond donors (Lipinski definition) is 2. The average molecular weight is 371 g/mol.